The van der Waals surface area contributed by atoms with Gasteiger partial charge in [-0.15, -0.1) is 0 Å². The third kappa shape index (κ3) is 2.12. The van der Waals surface area contributed by atoms with Crippen molar-refractivity contribution in [1.82, 2.24) is 4.37 Å². The Bertz CT molecular complexity index is 498. The largest absolute Gasteiger partial charge is 0.277 e. The summed E-state index contributed by atoms with van der Waals surface area (Å²) in [5, 5.41) is 0.901. The number of H-pyrrole nitrogens is 1. The van der Waals surface area contributed by atoms with E-state index < -0.39 is 0 Å². The molecule has 0 aliphatic carbocycles. The summed E-state index contributed by atoms with van der Waals surface area (Å²) in [5.74, 6) is 0. The van der Waals surface area contributed by atoms with E-state index in [2.05, 4.69) is 17.4 Å². The van der Waals surface area contributed by atoms with E-state index in [9.17, 15) is 4.79 Å². The number of aromatic nitrogens is 1. The van der Waals surface area contributed by atoms with Crippen LogP contribution >= 0.6 is 11.5 Å². The van der Waals surface area contributed by atoms with Gasteiger partial charge in [0.2, 0.25) is 0 Å². The summed E-state index contributed by atoms with van der Waals surface area (Å²) in [6, 6.07) is 6.11. The zero-order chi connectivity index (χ0) is 10.7. The number of aromatic amines is 1. The van der Waals surface area contributed by atoms with E-state index in [0.29, 0.717) is 0 Å². The lowest BCUT2D eigenvalue weighted by Gasteiger charge is -2.00. The van der Waals surface area contributed by atoms with E-state index in [-0.39, 0.29) is 5.56 Å². The molecular formula is C12H15NOS. The molecular weight excluding hydrogens is 206 g/mol. The van der Waals surface area contributed by atoms with E-state index in [1.807, 2.05) is 12.1 Å². The van der Waals surface area contributed by atoms with Crippen molar-refractivity contribution in [1.29, 1.82) is 0 Å². The predicted molar refractivity (Wildman–Crippen MR) is 65.7 cm³/mol. The van der Waals surface area contributed by atoms with Gasteiger partial charge in [0, 0.05) is 0 Å². The Morgan fingerprint density at radius 1 is 1.33 bits per heavy atom. The van der Waals surface area contributed by atoms with Crippen LogP contribution < -0.4 is 5.56 Å². The van der Waals surface area contributed by atoms with Crippen molar-refractivity contribution < 1.29 is 0 Å². The van der Waals surface area contributed by atoms with Crippen molar-refractivity contribution in [3.05, 3.63) is 34.1 Å². The molecule has 1 aromatic carbocycles. The third-order valence-electron chi connectivity index (χ3n) is 2.64. The van der Waals surface area contributed by atoms with Gasteiger partial charge in [-0.1, -0.05) is 43.4 Å². The third-order valence-corrected chi connectivity index (χ3v) is 3.49. The number of benzene rings is 1. The number of nitrogens with one attached hydrogen (secondary N) is 1. The second-order valence-electron chi connectivity index (χ2n) is 3.78. The highest BCUT2D eigenvalue weighted by molar-refractivity contribution is 7.13. The van der Waals surface area contributed by atoms with Crippen LogP contribution in [0, 0.1) is 0 Å². The highest BCUT2D eigenvalue weighted by Crippen LogP contribution is 2.19. The second kappa shape index (κ2) is 4.62. The van der Waals surface area contributed by atoms with Crippen molar-refractivity contribution in [2.45, 2.75) is 32.6 Å². The minimum absolute atomic E-state index is 0.0714. The molecule has 0 amide bonds. The zero-order valence-corrected chi connectivity index (χ0v) is 9.69. The first kappa shape index (κ1) is 10.4. The highest BCUT2D eigenvalue weighted by Gasteiger charge is 2.06. The number of aryl methyl sites for hydroxylation is 1. The Balaban J connectivity index is 2.33. The average Bonchev–Trinajstić information content (AvgIpc) is 2.62. The van der Waals surface area contributed by atoms with Crippen LogP contribution in [0.3, 0.4) is 0 Å². The van der Waals surface area contributed by atoms with Crippen molar-refractivity contribution in [3.63, 3.8) is 0 Å². The van der Waals surface area contributed by atoms with Gasteiger partial charge in [0.05, 0.1) is 10.1 Å². The molecule has 80 valence electrons. The molecule has 0 saturated carbocycles. The summed E-state index contributed by atoms with van der Waals surface area (Å²) in [5.41, 5.74) is 1.27. The van der Waals surface area contributed by atoms with E-state index in [1.54, 1.807) is 0 Å². The molecule has 1 N–H and O–H groups in total. The molecule has 0 spiro atoms. The average molecular weight is 221 g/mol. The Kier molecular flexibility index (Phi) is 3.21. The molecule has 0 saturated heterocycles. The van der Waals surface area contributed by atoms with Gasteiger partial charge in [0.1, 0.15) is 0 Å². The Labute approximate surface area is 93.1 Å². The lowest BCUT2D eigenvalue weighted by molar-refractivity contribution is 0.719. The first-order valence-electron chi connectivity index (χ1n) is 5.42. The normalized spacial score (nSPS) is 11.0. The van der Waals surface area contributed by atoms with Crippen LogP contribution in [0.1, 0.15) is 31.7 Å². The monoisotopic (exact) mass is 221 g/mol. The summed E-state index contributed by atoms with van der Waals surface area (Å²) >= 11 is 1.43. The fraction of sp³-hybridized carbons (Fsp3) is 0.417. The highest BCUT2D eigenvalue weighted by atomic mass is 32.1. The summed E-state index contributed by atoms with van der Waals surface area (Å²) < 4.78 is 3.87. The first-order chi connectivity index (χ1) is 7.33. The Morgan fingerprint density at radius 3 is 3.00 bits per heavy atom. The smallest absolute Gasteiger partial charge is 0.266 e. The van der Waals surface area contributed by atoms with Gasteiger partial charge in [-0.25, -0.2) is 0 Å². The number of rotatable bonds is 4. The standard InChI is InChI=1S/C12H15NOS/c1-2-3-4-6-9-7-5-8-10-11(9)12(14)13-15-10/h5,7-8H,2-4,6H2,1H3,(H,13,14). The molecule has 2 rings (SSSR count). The first-order valence-corrected chi connectivity index (χ1v) is 6.23. The molecule has 0 aliphatic rings. The molecule has 15 heavy (non-hydrogen) atoms. The molecule has 1 heterocycles. The van der Waals surface area contributed by atoms with Crippen LogP contribution in [0.5, 0.6) is 0 Å². The zero-order valence-electron chi connectivity index (χ0n) is 8.88. The summed E-state index contributed by atoms with van der Waals surface area (Å²) in [6.45, 7) is 2.19. The fourth-order valence-corrected chi connectivity index (χ4v) is 2.62. The Morgan fingerprint density at radius 2 is 2.20 bits per heavy atom. The van der Waals surface area contributed by atoms with Crippen LogP contribution in [0.4, 0.5) is 0 Å². The summed E-state index contributed by atoms with van der Waals surface area (Å²) in [4.78, 5) is 11.6. The van der Waals surface area contributed by atoms with E-state index in [1.165, 1.54) is 36.4 Å². The maximum atomic E-state index is 11.6. The maximum absolute atomic E-state index is 11.6. The van der Waals surface area contributed by atoms with Gasteiger partial charge in [0.15, 0.2) is 0 Å². The molecule has 2 aromatic rings. The molecule has 0 unspecified atom stereocenters. The lowest BCUT2D eigenvalue weighted by atomic mass is 10.0. The lowest BCUT2D eigenvalue weighted by Crippen LogP contribution is -2.00. The quantitative estimate of drug-likeness (QED) is 0.789. The van der Waals surface area contributed by atoms with Gasteiger partial charge in [-0.05, 0) is 24.5 Å². The molecule has 0 aliphatic heterocycles. The van der Waals surface area contributed by atoms with Crippen LogP contribution in [0.15, 0.2) is 23.0 Å². The summed E-state index contributed by atoms with van der Waals surface area (Å²) in [6.07, 6.45) is 4.64. The van der Waals surface area contributed by atoms with E-state index in [0.717, 1.165) is 16.5 Å². The minimum atomic E-state index is 0.0714. The fourth-order valence-electron chi connectivity index (χ4n) is 1.85. The maximum Gasteiger partial charge on any atom is 0.266 e. The van der Waals surface area contributed by atoms with Gasteiger partial charge in [-0.3, -0.25) is 9.17 Å². The number of hydrogen-bond acceptors (Lipinski definition) is 2. The van der Waals surface area contributed by atoms with Crippen LogP contribution in [0.25, 0.3) is 10.1 Å². The minimum Gasteiger partial charge on any atom is -0.277 e. The molecule has 0 atom stereocenters. The van der Waals surface area contributed by atoms with Crippen LogP contribution in [-0.4, -0.2) is 4.37 Å². The van der Waals surface area contributed by atoms with Crippen molar-refractivity contribution in [3.8, 4) is 0 Å². The van der Waals surface area contributed by atoms with Gasteiger partial charge >= 0.3 is 0 Å². The van der Waals surface area contributed by atoms with Crippen LogP contribution in [-0.2, 0) is 6.42 Å². The van der Waals surface area contributed by atoms with Crippen molar-refractivity contribution in [2.75, 3.05) is 0 Å². The molecule has 0 fully saturated rings. The van der Waals surface area contributed by atoms with Crippen LogP contribution in [0.2, 0.25) is 0 Å². The number of fused-ring (bicyclic) bond motifs is 1. The number of hydrogen-bond donors (Lipinski definition) is 1. The van der Waals surface area contributed by atoms with Gasteiger partial charge < -0.3 is 0 Å². The number of unbranched alkanes of at least 4 members (excludes halogenated alkanes) is 2. The summed E-state index contributed by atoms with van der Waals surface area (Å²) in [7, 11) is 0. The van der Waals surface area contributed by atoms with Crippen molar-refractivity contribution in [2.24, 2.45) is 0 Å². The second-order valence-corrected chi connectivity index (χ2v) is 4.63. The van der Waals surface area contributed by atoms with E-state index in [4.69, 9.17) is 0 Å². The van der Waals surface area contributed by atoms with Gasteiger partial charge in [-0.2, -0.15) is 0 Å². The predicted octanol–water partition coefficient (Wildman–Crippen LogP) is 3.32. The Hall–Kier alpha value is -1.09. The topological polar surface area (TPSA) is 32.9 Å². The molecule has 2 nitrogen and oxygen atoms in total. The molecule has 0 radical (unpaired) electrons. The van der Waals surface area contributed by atoms with E-state index >= 15 is 0 Å². The van der Waals surface area contributed by atoms with Gasteiger partial charge in [0.25, 0.3) is 5.56 Å². The molecule has 0 bridgehead atoms. The molecule has 3 heteroatoms. The SMILES string of the molecule is CCCCCc1cccc2s[nH]c(=O)c12. The van der Waals surface area contributed by atoms with Crippen molar-refractivity contribution >= 4 is 21.6 Å². The molecule has 1 aromatic heterocycles.